The van der Waals surface area contributed by atoms with Crippen LogP contribution < -0.4 is 0 Å². The van der Waals surface area contributed by atoms with Crippen molar-refractivity contribution in [2.24, 2.45) is 0 Å². The van der Waals surface area contributed by atoms with Crippen LogP contribution in [-0.4, -0.2) is 30.4 Å². The first kappa shape index (κ1) is 14.3. The highest BCUT2D eigenvalue weighted by Gasteiger charge is 2.20. The van der Waals surface area contributed by atoms with Gasteiger partial charge in [0.1, 0.15) is 0 Å². The van der Waals surface area contributed by atoms with Gasteiger partial charge in [0.2, 0.25) is 0 Å². The van der Waals surface area contributed by atoms with Gasteiger partial charge in [0, 0.05) is 29.4 Å². The lowest BCUT2D eigenvalue weighted by Gasteiger charge is -2.13. The van der Waals surface area contributed by atoms with E-state index >= 15 is 0 Å². The molecular formula is C19H19NO3. The Morgan fingerprint density at radius 3 is 2.83 bits per heavy atom. The number of methoxy groups -OCH3 is 1. The molecule has 4 rings (SSSR count). The molecule has 3 aromatic rings. The molecule has 4 nitrogen and oxygen atoms in total. The maximum Gasteiger partial charge on any atom is 0.337 e. The zero-order valence-electron chi connectivity index (χ0n) is 13.1. The SMILES string of the molecule is COC(=O)c1ccc2c3ccccc3n(CC3CCCO3)c2c1. The van der Waals surface area contributed by atoms with Gasteiger partial charge in [-0.25, -0.2) is 4.79 Å². The summed E-state index contributed by atoms with van der Waals surface area (Å²) in [5.41, 5.74) is 2.82. The van der Waals surface area contributed by atoms with Crippen LogP contribution in [0.25, 0.3) is 21.8 Å². The summed E-state index contributed by atoms with van der Waals surface area (Å²) < 4.78 is 12.9. The van der Waals surface area contributed by atoms with Crippen molar-refractivity contribution in [3.05, 3.63) is 48.0 Å². The van der Waals surface area contributed by atoms with Gasteiger partial charge in [-0.2, -0.15) is 0 Å². The number of nitrogens with zero attached hydrogens (tertiary/aromatic N) is 1. The first-order valence-electron chi connectivity index (χ1n) is 7.99. The molecule has 0 aliphatic carbocycles. The fourth-order valence-electron chi connectivity index (χ4n) is 3.48. The summed E-state index contributed by atoms with van der Waals surface area (Å²) >= 11 is 0. The number of fused-ring (bicyclic) bond motifs is 3. The molecule has 1 aliphatic heterocycles. The molecule has 0 spiro atoms. The molecular weight excluding hydrogens is 290 g/mol. The van der Waals surface area contributed by atoms with Gasteiger partial charge in [0.05, 0.1) is 24.3 Å². The number of hydrogen-bond donors (Lipinski definition) is 0. The van der Waals surface area contributed by atoms with Crippen molar-refractivity contribution in [3.63, 3.8) is 0 Å². The minimum Gasteiger partial charge on any atom is -0.465 e. The Morgan fingerprint density at radius 2 is 2.04 bits per heavy atom. The normalized spacial score (nSPS) is 17.9. The molecule has 1 fully saturated rings. The third-order valence-electron chi connectivity index (χ3n) is 4.60. The maximum absolute atomic E-state index is 11.9. The van der Waals surface area contributed by atoms with E-state index in [1.807, 2.05) is 24.3 Å². The van der Waals surface area contributed by atoms with E-state index in [4.69, 9.17) is 9.47 Å². The number of carbonyl (C=O) groups is 1. The molecule has 0 bridgehead atoms. The fourth-order valence-corrected chi connectivity index (χ4v) is 3.48. The van der Waals surface area contributed by atoms with E-state index in [-0.39, 0.29) is 12.1 Å². The van der Waals surface area contributed by atoms with Crippen molar-refractivity contribution < 1.29 is 14.3 Å². The highest BCUT2D eigenvalue weighted by atomic mass is 16.5. The molecule has 1 unspecified atom stereocenters. The maximum atomic E-state index is 11.9. The number of carbonyl (C=O) groups excluding carboxylic acids is 1. The quantitative estimate of drug-likeness (QED) is 0.692. The second-order valence-corrected chi connectivity index (χ2v) is 5.99. The van der Waals surface area contributed by atoms with Crippen LogP contribution in [-0.2, 0) is 16.0 Å². The molecule has 1 aliphatic rings. The Kier molecular flexibility index (Phi) is 3.54. The number of ether oxygens (including phenoxy) is 2. The Hall–Kier alpha value is -2.33. The summed E-state index contributed by atoms with van der Waals surface area (Å²) in [6, 6.07) is 14.1. The van der Waals surface area contributed by atoms with Gasteiger partial charge in [-0.05, 0) is 31.0 Å². The molecule has 0 radical (unpaired) electrons. The van der Waals surface area contributed by atoms with E-state index in [9.17, 15) is 4.79 Å². The third-order valence-corrected chi connectivity index (χ3v) is 4.60. The molecule has 2 aromatic carbocycles. The Balaban J connectivity index is 1.92. The first-order valence-corrected chi connectivity index (χ1v) is 7.99. The average Bonchev–Trinajstić information content (AvgIpc) is 3.21. The minimum absolute atomic E-state index is 0.246. The van der Waals surface area contributed by atoms with Crippen LogP contribution in [0.5, 0.6) is 0 Å². The Morgan fingerprint density at radius 1 is 1.22 bits per heavy atom. The van der Waals surface area contributed by atoms with Gasteiger partial charge in [0.25, 0.3) is 0 Å². The highest BCUT2D eigenvalue weighted by Crippen LogP contribution is 2.31. The molecule has 23 heavy (non-hydrogen) atoms. The van der Waals surface area contributed by atoms with E-state index in [0.717, 1.165) is 36.9 Å². The summed E-state index contributed by atoms with van der Waals surface area (Å²) in [4.78, 5) is 11.9. The average molecular weight is 309 g/mol. The smallest absolute Gasteiger partial charge is 0.337 e. The monoisotopic (exact) mass is 309 g/mol. The summed E-state index contributed by atoms with van der Waals surface area (Å²) in [7, 11) is 1.41. The van der Waals surface area contributed by atoms with Crippen LogP contribution in [0, 0.1) is 0 Å². The van der Waals surface area contributed by atoms with Gasteiger partial charge in [-0.15, -0.1) is 0 Å². The highest BCUT2D eigenvalue weighted by molar-refractivity contribution is 6.09. The van der Waals surface area contributed by atoms with Crippen LogP contribution >= 0.6 is 0 Å². The zero-order chi connectivity index (χ0) is 15.8. The number of benzene rings is 2. The summed E-state index contributed by atoms with van der Waals surface area (Å²) in [5.74, 6) is -0.305. The van der Waals surface area contributed by atoms with Gasteiger partial charge in [-0.3, -0.25) is 0 Å². The Bertz CT molecular complexity index is 875. The van der Waals surface area contributed by atoms with Crippen molar-refractivity contribution in [1.82, 2.24) is 4.57 Å². The van der Waals surface area contributed by atoms with Crippen LogP contribution in [0.4, 0.5) is 0 Å². The van der Waals surface area contributed by atoms with Gasteiger partial charge in [0.15, 0.2) is 0 Å². The molecule has 1 aromatic heterocycles. The summed E-state index contributed by atoms with van der Waals surface area (Å²) in [6.45, 7) is 1.66. The second-order valence-electron chi connectivity index (χ2n) is 5.99. The van der Waals surface area contributed by atoms with Crippen LogP contribution in [0.2, 0.25) is 0 Å². The predicted octanol–water partition coefficient (Wildman–Crippen LogP) is 3.76. The fraction of sp³-hybridized carbons (Fsp3) is 0.316. The topological polar surface area (TPSA) is 40.5 Å². The van der Waals surface area contributed by atoms with E-state index in [1.165, 1.54) is 18.0 Å². The van der Waals surface area contributed by atoms with Crippen molar-refractivity contribution in [2.45, 2.75) is 25.5 Å². The number of aromatic nitrogens is 1. The standard InChI is InChI=1S/C19H19NO3/c1-22-19(21)13-8-9-16-15-6-2-3-7-17(15)20(18(16)11-13)12-14-5-4-10-23-14/h2-3,6-9,11,14H,4-5,10,12H2,1H3. The molecule has 2 heterocycles. The number of para-hydroxylation sites is 1. The Labute approximate surface area is 134 Å². The lowest BCUT2D eigenvalue weighted by atomic mass is 10.1. The van der Waals surface area contributed by atoms with Crippen LogP contribution in [0.1, 0.15) is 23.2 Å². The van der Waals surface area contributed by atoms with Crippen molar-refractivity contribution in [2.75, 3.05) is 13.7 Å². The van der Waals surface area contributed by atoms with Gasteiger partial charge >= 0.3 is 5.97 Å². The number of hydrogen-bond acceptors (Lipinski definition) is 3. The summed E-state index contributed by atoms with van der Waals surface area (Å²) in [5, 5.41) is 2.36. The lowest BCUT2D eigenvalue weighted by Crippen LogP contribution is -2.14. The molecule has 118 valence electrons. The molecule has 0 N–H and O–H groups in total. The van der Waals surface area contributed by atoms with E-state index < -0.39 is 0 Å². The van der Waals surface area contributed by atoms with Gasteiger partial charge in [-0.1, -0.05) is 24.3 Å². The first-order chi connectivity index (χ1) is 11.3. The second kappa shape index (κ2) is 5.70. The number of rotatable bonds is 3. The van der Waals surface area contributed by atoms with Crippen molar-refractivity contribution >= 4 is 27.8 Å². The minimum atomic E-state index is -0.305. The third kappa shape index (κ3) is 2.39. The molecule has 0 amide bonds. The van der Waals surface area contributed by atoms with Crippen LogP contribution in [0.15, 0.2) is 42.5 Å². The van der Waals surface area contributed by atoms with E-state index in [0.29, 0.717) is 5.56 Å². The zero-order valence-corrected chi connectivity index (χ0v) is 13.1. The predicted molar refractivity (Wildman–Crippen MR) is 89.8 cm³/mol. The van der Waals surface area contributed by atoms with E-state index in [2.05, 4.69) is 22.8 Å². The largest absolute Gasteiger partial charge is 0.465 e. The lowest BCUT2D eigenvalue weighted by molar-refractivity contribution is 0.0601. The molecule has 0 saturated carbocycles. The molecule has 1 atom stereocenters. The summed E-state index contributed by atoms with van der Waals surface area (Å²) in [6.07, 6.45) is 2.45. The molecule has 4 heteroatoms. The molecule has 1 saturated heterocycles. The van der Waals surface area contributed by atoms with Crippen LogP contribution in [0.3, 0.4) is 0 Å². The van der Waals surface area contributed by atoms with Crippen molar-refractivity contribution in [3.8, 4) is 0 Å². The van der Waals surface area contributed by atoms with E-state index in [1.54, 1.807) is 0 Å². The van der Waals surface area contributed by atoms with Gasteiger partial charge < -0.3 is 14.0 Å². The number of esters is 1. The van der Waals surface area contributed by atoms with Crippen molar-refractivity contribution in [1.29, 1.82) is 0 Å².